The van der Waals surface area contributed by atoms with Gasteiger partial charge in [-0.3, -0.25) is 0 Å². The van der Waals surface area contributed by atoms with Gasteiger partial charge in [0.2, 0.25) is 0 Å². The molecule has 4 radical (unpaired) electrons. The van der Waals surface area contributed by atoms with Crippen molar-refractivity contribution in [3.8, 4) is 22.2 Å². The molecule has 0 N–H and O–H groups in total. The summed E-state index contributed by atoms with van der Waals surface area (Å²) in [4.78, 5) is 0. The zero-order valence-corrected chi connectivity index (χ0v) is 63.1. The van der Waals surface area contributed by atoms with Gasteiger partial charge in [-0.25, -0.2) is 54.2 Å². The Morgan fingerprint density at radius 2 is 0.757 bits per heavy atom. The van der Waals surface area contributed by atoms with Crippen LogP contribution in [0.15, 0.2) is 72.8 Å². The molecule has 0 spiro atoms. The minimum atomic E-state index is -4.94. The smallest absolute Gasteiger partial charge is 0.222 e. The average molecular weight is 1380 g/mol. The van der Waals surface area contributed by atoms with Crippen molar-refractivity contribution in [1.82, 2.24) is 0 Å². The Labute approximate surface area is 506 Å². The maximum Gasteiger partial charge on any atom is 4.00 e. The standard InChI is InChI=1S/4C8H13Si.4C5H9Si.Ag.BrH.ClHO4.Cu.2Ti/c4*1-9(2,3)8-6-4-5-7-8;4*1-5-6(2,3)4;;;2-1(3,4)5;;;/h4*4-7H,1-3H3;4*2-4H3;;1H;(H,2,3,4,5);;;/q8*-1;+1;;;+1;2*+4/p-2. The Morgan fingerprint density at radius 1 is 0.486 bits per heavy atom. The van der Waals surface area contributed by atoms with Crippen molar-refractivity contribution in [2.24, 2.45) is 0 Å². The first-order chi connectivity index (χ1) is 29.7. The van der Waals surface area contributed by atoms with Crippen LogP contribution in [0.3, 0.4) is 0 Å². The molecule has 1 fully saturated rings. The van der Waals surface area contributed by atoms with Gasteiger partial charge in [0.25, 0.3) is 0 Å². The van der Waals surface area contributed by atoms with E-state index in [0.29, 0.717) is 0 Å². The fourth-order valence-electron chi connectivity index (χ4n) is 3.50. The molecule has 396 valence electrons. The monoisotopic (exact) mass is 1380 g/mol. The molecule has 18 heteroatoms. The second kappa shape index (κ2) is 44.3. The van der Waals surface area contributed by atoms with Crippen LogP contribution in [-0.2, 0) is 80.0 Å². The first-order valence-corrected chi connectivity index (χ1v) is 53.6. The Morgan fingerprint density at radius 3 is 0.843 bits per heavy atom. The molecule has 4 nitrogen and oxygen atoms in total. The van der Waals surface area contributed by atoms with E-state index in [0.717, 1.165) is 0 Å². The topological polar surface area (TPSA) is 92.2 Å². The van der Waals surface area contributed by atoms with Crippen molar-refractivity contribution in [2.75, 3.05) is 0 Å². The van der Waals surface area contributed by atoms with Gasteiger partial charge in [-0.05, 0) is 0 Å². The molecule has 0 aromatic heterocycles. The van der Waals surface area contributed by atoms with Crippen LogP contribution >= 0.6 is 14.1 Å². The molecule has 0 heterocycles. The van der Waals surface area contributed by atoms with Gasteiger partial charge in [0.15, 0.2) is 0 Å². The molecule has 0 unspecified atom stereocenters. The van der Waals surface area contributed by atoms with Gasteiger partial charge < -0.3 is 54.3 Å². The molecule has 1 aliphatic carbocycles. The van der Waals surface area contributed by atoms with E-state index in [9.17, 15) is 0 Å². The van der Waals surface area contributed by atoms with Gasteiger partial charge in [-0.15, -0.1) is 10.2 Å². The number of hydrogen-bond acceptors (Lipinski definition) is 4. The van der Waals surface area contributed by atoms with Crippen molar-refractivity contribution in [3.63, 3.8) is 0 Å². The Kier molecular flexibility index (Phi) is 57.5. The van der Waals surface area contributed by atoms with E-state index in [4.69, 9.17) is 44.3 Å². The van der Waals surface area contributed by atoms with Crippen LogP contribution in [0, 0.1) is 89.3 Å². The van der Waals surface area contributed by atoms with Crippen LogP contribution in [0.2, 0.25) is 157 Å². The molecule has 0 atom stereocenters. The maximum atomic E-state index is 8.49. The van der Waals surface area contributed by atoms with Gasteiger partial charge in [0.05, 0.1) is 48.4 Å². The summed E-state index contributed by atoms with van der Waals surface area (Å²) in [6.07, 6.45) is 35.4. The Hall–Kier alpha value is 1.32. The third-order valence-corrected chi connectivity index (χ3v) is 18.9. The second-order valence-electron chi connectivity index (χ2n) is 23.6. The fraction of sp³-hybridized carbons (Fsp3) is 0.462. The van der Waals surface area contributed by atoms with Crippen molar-refractivity contribution in [3.05, 3.63) is 130 Å². The van der Waals surface area contributed by atoms with Crippen LogP contribution in [0.4, 0.5) is 0 Å². The van der Waals surface area contributed by atoms with Crippen molar-refractivity contribution >= 4 is 94.3 Å². The van der Waals surface area contributed by atoms with Crippen LogP contribution < -0.4 is 34.2 Å². The van der Waals surface area contributed by atoms with E-state index in [1.54, 1.807) is 21.1 Å². The predicted octanol–water partition coefficient (Wildman–Crippen LogP) is 10.0. The molecule has 1 aliphatic rings. The molecule has 0 amide bonds. The maximum absolute atomic E-state index is 8.49. The summed E-state index contributed by atoms with van der Waals surface area (Å²) in [7, 11) is -13.7. The zero-order chi connectivity index (χ0) is 55.0. The predicted molar refractivity (Wildman–Crippen MR) is 310 cm³/mol. The largest absolute Gasteiger partial charge is 4.00 e. The first-order valence-electron chi connectivity index (χ1n) is 22.0. The Bertz CT molecular complexity index is 1570. The van der Waals surface area contributed by atoms with Gasteiger partial charge in [-0.2, -0.15) is 64.8 Å². The summed E-state index contributed by atoms with van der Waals surface area (Å²) in [5, 5.41) is 4.67. The minimum absolute atomic E-state index is 0. The molecule has 1 saturated carbocycles. The zero-order valence-electron chi connectivity index (χ0n) is 47.2. The van der Waals surface area contributed by atoms with E-state index in [2.05, 4.69) is 306 Å². The molecule has 70 heavy (non-hydrogen) atoms. The molecule has 3 aromatic rings. The van der Waals surface area contributed by atoms with E-state index < -0.39 is 74.8 Å². The normalized spacial score (nSPS) is 12.0. The van der Waals surface area contributed by atoms with Crippen molar-refractivity contribution < 1.29 is 109 Å². The Balaban J connectivity index is -0.0000000853. The number of hydrogen-bond donors (Lipinski definition) is 0. The van der Waals surface area contributed by atoms with Crippen LogP contribution in [0.25, 0.3) is 0 Å². The second-order valence-corrected chi connectivity index (χ2v) is 63.6. The summed E-state index contributed by atoms with van der Waals surface area (Å²) in [6, 6.07) is 26.1. The third-order valence-electron chi connectivity index (χ3n) is 7.61. The summed E-state index contributed by atoms with van der Waals surface area (Å²) in [6.45, 7) is 53.4. The first kappa shape index (κ1) is 90.8. The summed E-state index contributed by atoms with van der Waals surface area (Å²) >= 11 is 6.50. The summed E-state index contributed by atoms with van der Waals surface area (Å²) < 4.78 is 34.0. The summed E-state index contributed by atoms with van der Waals surface area (Å²) in [5.74, 6) is 0. The number of halogens is 2. The quantitative estimate of drug-likeness (QED) is 0.148. The van der Waals surface area contributed by atoms with E-state index in [-0.39, 0.29) is 65.8 Å². The van der Waals surface area contributed by atoms with Gasteiger partial charge in [-0.1, -0.05) is 170 Å². The van der Waals surface area contributed by atoms with Crippen LogP contribution in [-0.4, -0.2) is 64.6 Å². The molecule has 0 aliphatic heterocycles. The third kappa shape index (κ3) is 75.8. The van der Waals surface area contributed by atoms with E-state index >= 15 is 0 Å². The summed E-state index contributed by atoms with van der Waals surface area (Å²) in [5.41, 5.74) is 11.5. The minimum Gasteiger partial charge on any atom is -0.222 e. The molecule has 0 bridgehead atoms. The number of rotatable bonds is 4. The van der Waals surface area contributed by atoms with Crippen molar-refractivity contribution in [1.29, 1.82) is 0 Å². The molecular weight excluding hydrogens is 1300 g/mol. The van der Waals surface area contributed by atoms with Crippen molar-refractivity contribution in [2.45, 2.75) is 157 Å². The van der Waals surface area contributed by atoms with Gasteiger partial charge >= 0.3 is 94.1 Å². The van der Waals surface area contributed by atoms with Gasteiger partial charge in [0, 0.05) is 16.1 Å². The SMILES string of the molecule is C[Si](C)(C)[C]1[CH][CH][CH][CH-]1.C[Si](C)(C)c1cc[cH-]c1.C[Si](C)(C)c1ccc[cH-]1.C[Si](C)(C)c1ccc[cH-]1.[Ag+].[C-]#C[Si](C)(C)C.[C-]#C[Si](C)(C)C.[C-]#C[Si](C)(C)C.[C-]#C[Si](C)(C)C.[Cu][Br].[O-][Cl+3]([O-])([O-])[O-].[Ti+4].[Ti+4]. The average Bonchev–Trinajstić information content (AvgIpc) is 3.98. The van der Waals surface area contributed by atoms with E-state index in [1.165, 1.54) is 0 Å². The van der Waals surface area contributed by atoms with Crippen LogP contribution in [0.5, 0.6) is 0 Å². The molecule has 0 saturated heterocycles. The molecule has 3 aromatic carbocycles. The van der Waals surface area contributed by atoms with Gasteiger partial charge in [0.1, 0.15) is 0 Å². The van der Waals surface area contributed by atoms with E-state index in [1.807, 2.05) is 0 Å². The van der Waals surface area contributed by atoms with Crippen LogP contribution in [0.1, 0.15) is 0 Å². The fourth-order valence-corrected chi connectivity index (χ4v) is 8.27. The molecule has 4 rings (SSSR count). The molecular formula is C52H88AgBrClCuO4Si8Ti2.